The summed E-state index contributed by atoms with van der Waals surface area (Å²) in [4.78, 5) is 1.41. The molecular weight excluding hydrogens is 266 g/mol. The Morgan fingerprint density at radius 2 is 1.95 bits per heavy atom. The van der Waals surface area contributed by atoms with Gasteiger partial charge in [0.2, 0.25) is 0 Å². The summed E-state index contributed by atoms with van der Waals surface area (Å²) in [6.45, 7) is 5.38. The molecule has 1 N–H and O–H groups in total. The summed E-state index contributed by atoms with van der Waals surface area (Å²) in [7, 11) is 0. The van der Waals surface area contributed by atoms with Crippen LogP contribution in [0.25, 0.3) is 0 Å². The van der Waals surface area contributed by atoms with Gasteiger partial charge in [-0.15, -0.1) is 11.8 Å². The lowest BCUT2D eigenvalue weighted by Crippen LogP contribution is -2.40. The molecule has 0 spiro atoms. The molecule has 0 amide bonds. The van der Waals surface area contributed by atoms with Crippen molar-refractivity contribution in [3.05, 3.63) is 30.3 Å². The van der Waals surface area contributed by atoms with Crippen LogP contribution < -0.4 is 5.32 Å². The number of hydrogen-bond acceptors (Lipinski definition) is 3. The van der Waals surface area contributed by atoms with E-state index in [1.807, 2.05) is 0 Å². The second-order valence-electron chi connectivity index (χ2n) is 6.22. The van der Waals surface area contributed by atoms with Crippen LogP contribution in [-0.2, 0) is 4.74 Å². The first-order chi connectivity index (χ1) is 9.77. The first kappa shape index (κ1) is 14.4. The van der Waals surface area contributed by atoms with Gasteiger partial charge in [0.1, 0.15) is 0 Å². The Hall–Kier alpha value is -0.510. The van der Waals surface area contributed by atoms with Gasteiger partial charge < -0.3 is 10.1 Å². The van der Waals surface area contributed by atoms with Gasteiger partial charge in [0.15, 0.2) is 0 Å². The number of nitrogens with one attached hydrogen (secondary N) is 1. The van der Waals surface area contributed by atoms with Crippen molar-refractivity contribution in [2.75, 3.05) is 19.8 Å². The summed E-state index contributed by atoms with van der Waals surface area (Å²) in [6.07, 6.45) is 5.13. The van der Waals surface area contributed by atoms with Crippen molar-refractivity contribution in [1.82, 2.24) is 5.32 Å². The average Bonchev–Trinajstić information content (AvgIpc) is 3.27. The number of ether oxygens (including phenoxy) is 1. The minimum atomic E-state index is 0.459. The molecular formula is C17H25NOS. The molecule has 2 nitrogen and oxygen atoms in total. The Morgan fingerprint density at radius 3 is 2.60 bits per heavy atom. The Bertz CT molecular complexity index is 412. The van der Waals surface area contributed by atoms with Crippen LogP contribution in [0.1, 0.15) is 32.6 Å². The highest BCUT2D eigenvalue weighted by molar-refractivity contribution is 8.01. The van der Waals surface area contributed by atoms with Crippen molar-refractivity contribution in [2.24, 2.45) is 5.92 Å². The second-order valence-corrected chi connectivity index (χ2v) is 7.76. The molecule has 20 heavy (non-hydrogen) atoms. The monoisotopic (exact) mass is 291 g/mol. The Morgan fingerprint density at radius 1 is 1.25 bits per heavy atom. The molecule has 1 heterocycles. The normalized spacial score (nSPS) is 23.4. The lowest BCUT2D eigenvalue weighted by atomic mass is 9.93. The van der Waals surface area contributed by atoms with E-state index in [2.05, 4.69) is 54.3 Å². The van der Waals surface area contributed by atoms with E-state index in [-0.39, 0.29) is 0 Å². The van der Waals surface area contributed by atoms with E-state index in [0.29, 0.717) is 10.8 Å². The van der Waals surface area contributed by atoms with Crippen LogP contribution in [-0.4, -0.2) is 30.5 Å². The Labute approximate surface area is 126 Å². The molecule has 0 aromatic heterocycles. The molecule has 1 saturated heterocycles. The van der Waals surface area contributed by atoms with Gasteiger partial charge in [0.05, 0.1) is 0 Å². The predicted molar refractivity (Wildman–Crippen MR) is 85.3 cm³/mol. The molecule has 1 unspecified atom stereocenters. The fourth-order valence-electron chi connectivity index (χ4n) is 2.92. The molecule has 1 saturated carbocycles. The molecule has 2 aliphatic rings. The predicted octanol–water partition coefficient (Wildman–Crippen LogP) is 3.72. The van der Waals surface area contributed by atoms with E-state index >= 15 is 0 Å². The van der Waals surface area contributed by atoms with Gasteiger partial charge in [-0.3, -0.25) is 0 Å². The number of thioether (sulfide) groups is 1. The lowest BCUT2D eigenvalue weighted by molar-refractivity contribution is 0.0560. The Balaban J connectivity index is 1.47. The first-order valence-corrected chi connectivity index (χ1v) is 8.64. The summed E-state index contributed by atoms with van der Waals surface area (Å²) in [5, 5.41) is 3.80. The van der Waals surface area contributed by atoms with Crippen LogP contribution in [0.15, 0.2) is 35.2 Å². The zero-order valence-corrected chi connectivity index (χ0v) is 13.1. The van der Waals surface area contributed by atoms with Gasteiger partial charge in [0, 0.05) is 35.4 Å². The third-order valence-corrected chi connectivity index (χ3v) is 6.10. The molecule has 1 aliphatic carbocycles. The lowest BCUT2D eigenvalue weighted by Gasteiger charge is -2.30. The van der Waals surface area contributed by atoms with E-state index in [0.717, 1.165) is 25.7 Å². The van der Waals surface area contributed by atoms with Crippen molar-refractivity contribution in [1.29, 1.82) is 0 Å². The van der Waals surface area contributed by atoms with E-state index in [1.54, 1.807) is 0 Å². The zero-order valence-electron chi connectivity index (χ0n) is 12.3. The average molecular weight is 291 g/mol. The molecule has 0 bridgehead atoms. The topological polar surface area (TPSA) is 21.3 Å². The number of rotatable bonds is 6. The van der Waals surface area contributed by atoms with E-state index in [4.69, 9.17) is 4.74 Å². The van der Waals surface area contributed by atoms with Gasteiger partial charge in [-0.2, -0.15) is 0 Å². The fourth-order valence-corrected chi connectivity index (χ4v) is 4.18. The highest BCUT2D eigenvalue weighted by Gasteiger charge is 2.43. The smallest absolute Gasteiger partial charge is 0.0469 e. The van der Waals surface area contributed by atoms with Crippen LogP contribution in [0.2, 0.25) is 0 Å². The van der Waals surface area contributed by atoms with Crippen LogP contribution in [0, 0.1) is 5.92 Å². The summed E-state index contributed by atoms with van der Waals surface area (Å²) >= 11 is 2.06. The summed E-state index contributed by atoms with van der Waals surface area (Å²) in [6, 6.07) is 11.4. The highest BCUT2D eigenvalue weighted by atomic mass is 32.2. The van der Waals surface area contributed by atoms with Gasteiger partial charge in [0.25, 0.3) is 0 Å². The fraction of sp³-hybridized carbons (Fsp3) is 0.647. The van der Waals surface area contributed by atoms with Crippen LogP contribution in [0.4, 0.5) is 0 Å². The molecule has 3 heteroatoms. The molecule has 110 valence electrons. The van der Waals surface area contributed by atoms with Crippen LogP contribution >= 0.6 is 11.8 Å². The van der Waals surface area contributed by atoms with E-state index in [9.17, 15) is 0 Å². The minimum Gasteiger partial charge on any atom is -0.381 e. The maximum Gasteiger partial charge on any atom is 0.0469 e. The van der Waals surface area contributed by atoms with Crippen molar-refractivity contribution in [3.8, 4) is 0 Å². The number of benzene rings is 1. The maximum absolute atomic E-state index is 5.45. The Kier molecular flexibility index (Phi) is 4.69. The standard InChI is InChI=1S/C17H25NOS/c1-14(15-7-11-19-12-8-15)18-13-17(9-10-17)20-16-5-3-2-4-6-16/h2-6,14-15,18H,7-13H2,1H3. The SMILES string of the molecule is CC(NCC1(Sc2ccccc2)CC1)C1CCOCC1. The van der Waals surface area contributed by atoms with Crippen molar-refractivity contribution in [3.63, 3.8) is 0 Å². The summed E-state index contributed by atoms with van der Waals surface area (Å²) < 4.78 is 5.91. The quantitative estimate of drug-likeness (QED) is 0.863. The molecule has 3 rings (SSSR count). The molecule has 1 aliphatic heterocycles. The van der Waals surface area contributed by atoms with Crippen molar-refractivity contribution >= 4 is 11.8 Å². The van der Waals surface area contributed by atoms with Gasteiger partial charge in [-0.1, -0.05) is 18.2 Å². The van der Waals surface area contributed by atoms with Gasteiger partial charge in [-0.25, -0.2) is 0 Å². The first-order valence-electron chi connectivity index (χ1n) is 7.83. The van der Waals surface area contributed by atoms with E-state index < -0.39 is 0 Å². The largest absolute Gasteiger partial charge is 0.381 e. The molecule has 1 aromatic rings. The van der Waals surface area contributed by atoms with Crippen LogP contribution in [0.5, 0.6) is 0 Å². The molecule has 1 atom stereocenters. The molecule has 2 fully saturated rings. The molecule has 1 aromatic carbocycles. The minimum absolute atomic E-state index is 0.459. The highest BCUT2D eigenvalue weighted by Crippen LogP contribution is 2.51. The third-order valence-electron chi connectivity index (χ3n) is 4.60. The maximum atomic E-state index is 5.45. The summed E-state index contributed by atoms with van der Waals surface area (Å²) in [5.74, 6) is 0.793. The molecule has 0 radical (unpaired) electrons. The third kappa shape index (κ3) is 3.78. The number of hydrogen-bond donors (Lipinski definition) is 1. The zero-order chi connectivity index (χ0) is 13.8. The van der Waals surface area contributed by atoms with Crippen LogP contribution in [0.3, 0.4) is 0 Å². The second kappa shape index (κ2) is 6.50. The van der Waals surface area contributed by atoms with Crippen molar-refractivity contribution in [2.45, 2.75) is 48.3 Å². The van der Waals surface area contributed by atoms with E-state index in [1.165, 1.54) is 30.6 Å². The summed E-state index contributed by atoms with van der Waals surface area (Å²) in [5.41, 5.74) is 0. The van der Waals surface area contributed by atoms with Gasteiger partial charge >= 0.3 is 0 Å². The van der Waals surface area contributed by atoms with Gasteiger partial charge in [-0.05, 0) is 50.7 Å². The van der Waals surface area contributed by atoms with Crippen molar-refractivity contribution < 1.29 is 4.74 Å².